The normalized spacial score (nSPS) is 12.1. The summed E-state index contributed by atoms with van der Waals surface area (Å²) in [7, 11) is 0. The highest BCUT2D eigenvalue weighted by atomic mass is 14.7. The Morgan fingerprint density at radius 3 is 2.40 bits per heavy atom. The molecule has 0 radical (unpaired) electrons. The van der Waals surface area contributed by atoms with Gasteiger partial charge < -0.3 is 0 Å². The fraction of sp³-hybridized carbons (Fsp3) is 0.889. The van der Waals surface area contributed by atoms with E-state index in [2.05, 4.69) is 25.8 Å². The molecule has 0 N–H and O–H groups in total. The van der Waals surface area contributed by atoms with E-state index in [1.54, 1.807) is 0 Å². The predicted molar refractivity (Wildman–Crippen MR) is 47.8 cm³/mol. The Balaban J connectivity index is 3.30. The Kier molecular flexibility index (Phi) is 6.56. The summed E-state index contributed by atoms with van der Waals surface area (Å²) in [6.45, 7) is 7.52. The van der Waals surface area contributed by atoms with Gasteiger partial charge in [-0.15, -0.1) is 0 Å². The first-order valence-electron chi connectivity index (χ1n) is 4.31. The molecule has 0 amide bonds. The van der Waals surface area contributed by atoms with Gasteiger partial charge in [0.2, 0.25) is 0 Å². The van der Waals surface area contributed by atoms with Crippen LogP contribution in [-0.2, 0) is 0 Å². The average molecular weight is 141 g/mol. The molecule has 1 nitrogen and oxygen atoms in total. The number of rotatable bonds is 5. The van der Waals surface area contributed by atoms with Crippen molar-refractivity contribution >= 4 is 5.71 Å². The van der Waals surface area contributed by atoms with Gasteiger partial charge in [-0.2, -0.15) is 0 Å². The highest BCUT2D eigenvalue weighted by molar-refractivity contribution is 5.81. The van der Waals surface area contributed by atoms with Gasteiger partial charge in [0.1, 0.15) is 0 Å². The van der Waals surface area contributed by atoms with Crippen LogP contribution in [0.5, 0.6) is 0 Å². The summed E-state index contributed by atoms with van der Waals surface area (Å²) in [5.41, 5.74) is 1.32. The Morgan fingerprint density at radius 1 is 1.20 bits per heavy atom. The Bertz CT molecular complexity index is 94.9. The first-order chi connectivity index (χ1) is 4.81. The van der Waals surface area contributed by atoms with Gasteiger partial charge in [-0.1, -0.05) is 20.3 Å². The molecule has 0 bridgehead atoms. The molecular formula is C9H19N. The molecule has 0 aliphatic carbocycles. The number of nitrogens with zero attached hydrogens (tertiary/aromatic N) is 1. The third-order valence-electron chi connectivity index (χ3n) is 1.50. The SMILES string of the molecule is CCCCC(C)=NCCC. The van der Waals surface area contributed by atoms with Crippen LogP contribution in [0.3, 0.4) is 0 Å². The summed E-state index contributed by atoms with van der Waals surface area (Å²) in [6, 6.07) is 0. The van der Waals surface area contributed by atoms with E-state index in [1.165, 1.54) is 31.4 Å². The topological polar surface area (TPSA) is 12.4 Å². The van der Waals surface area contributed by atoms with Crippen molar-refractivity contribution in [3.63, 3.8) is 0 Å². The fourth-order valence-electron chi connectivity index (χ4n) is 0.814. The summed E-state index contributed by atoms with van der Waals surface area (Å²) < 4.78 is 0. The van der Waals surface area contributed by atoms with Crippen molar-refractivity contribution in [1.29, 1.82) is 0 Å². The number of unbranched alkanes of at least 4 members (excludes halogenated alkanes) is 1. The Hall–Kier alpha value is -0.330. The molecule has 0 saturated carbocycles. The average Bonchev–Trinajstić information content (AvgIpc) is 1.97. The molecule has 0 rings (SSSR count). The standard InChI is InChI=1S/C9H19N/c1-4-6-7-9(3)10-8-5-2/h4-8H2,1-3H3. The zero-order valence-electron chi connectivity index (χ0n) is 7.48. The lowest BCUT2D eigenvalue weighted by Gasteiger charge is -1.96. The van der Waals surface area contributed by atoms with E-state index in [0.717, 1.165) is 6.54 Å². The van der Waals surface area contributed by atoms with Crippen LogP contribution in [0.15, 0.2) is 4.99 Å². The molecule has 0 fully saturated rings. The number of hydrogen-bond acceptors (Lipinski definition) is 1. The van der Waals surface area contributed by atoms with E-state index in [0.29, 0.717) is 0 Å². The molecule has 0 heterocycles. The number of hydrogen-bond donors (Lipinski definition) is 0. The maximum Gasteiger partial charge on any atom is 0.0385 e. The quantitative estimate of drug-likeness (QED) is 0.522. The van der Waals surface area contributed by atoms with E-state index >= 15 is 0 Å². The first kappa shape index (κ1) is 9.67. The monoisotopic (exact) mass is 141 g/mol. The first-order valence-corrected chi connectivity index (χ1v) is 4.31. The van der Waals surface area contributed by atoms with Crippen molar-refractivity contribution in [2.24, 2.45) is 4.99 Å². The second-order valence-electron chi connectivity index (χ2n) is 2.72. The van der Waals surface area contributed by atoms with Crippen LogP contribution in [-0.4, -0.2) is 12.3 Å². The molecule has 0 aliphatic heterocycles. The summed E-state index contributed by atoms with van der Waals surface area (Å²) in [5.74, 6) is 0. The van der Waals surface area contributed by atoms with Gasteiger partial charge in [0.15, 0.2) is 0 Å². The Morgan fingerprint density at radius 2 is 1.90 bits per heavy atom. The zero-order chi connectivity index (χ0) is 7.82. The lowest BCUT2D eigenvalue weighted by atomic mass is 10.2. The van der Waals surface area contributed by atoms with Crippen molar-refractivity contribution < 1.29 is 0 Å². The van der Waals surface area contributed by atoms with E-state index in [-0.39, 0.29) is 0 Å². The van der Waals surface area contributed by atoms with E-state index < -0.39 is 0 Å². The predicted octanol–water partition coefficient (Wildman–Crippen LogP) is 3.05. The molecule has 0 unspecified atom stereocenters. The van der Waals surface area contributed by atoms with Crippen molar-refractivity contribution in [3.05, 3.63) is 0 Å². The molecule has 0 atom stereocenters. The third-order valence-corrected chi connectivity index (χ3v) is 1.50. The maximum atomic E-state index is 4.40. The summed E-state index contributed by atoms with van der Waals surface area (Å²) in [6.07, 6.45) is 4.93. The van der Waals surface area contributed by atoms with Gasteiger partial charge in [-0.25, -0.2) is 0 Å². The van der Waals surface area contributed by atoms with Crippen LogP contribution < -0.4 is 0 Å². The largest absolute Gasteiger partial charge is 0.294 e. The van der Waals surface area contributed by atoms with Crippen molar-refractivity contribution in [3.8, 4) is 0 Å². The molecule has 1 heteroatoms. The maximum absolute atomic E-state index is 4.40. The van der Waals surface area contributed by atoms with Crippen LogP contribution in [0.25, 0.3) is 0 Å². The molecule has 0 saturated heterocycles. The van der Waals surface area contributed by atoms with E-state index in [4.69, 9.17) is 0 Å². The van der Waals surface area contributed by atoms with Crippen LogP contribution >= 0.6 is 0 Å². The highest BCUT2D eigenvalue weighted by Crippen LogP contribution is 1.96. The minimum absolute atomic E-state index is 1.01. The van der Waals surface area contributed by atoms with Gasteiger partial charge >= 0.3 is 0 Å². The second-order valence-corrected chi connectivity index (χ2v) is 2.72. The number of aliphatic imine (C=N–C) groups is 1. The fourth-order valence-corrected chi connectivity index (χ4v) is 0.814. The smallest absolute Gasteiger partial charge is 0.0385 e. The lowest BCUT2D eigenvalue weighted by molar-refractivity contribution is 0.824. The molecule has 0 aromatic carbocycles. The molecule has 0 aromatic rings. The highest BCUT2D eigenvalue weighted by Gasteiger charge is 1.88. The van der Waals surface area contributed by atoms with Gasteiger partial charge in [0.05, 0.1) is 0 Å². The van der Waals surface area contributed by atoms with Gasteiger partial charge in [0.25, 0.3) is 0 Å². The van der Waals surface area contributed by atoms with Crippen LogP contribution in [0.2, 0.25) is 0 Å². The van der Waals surface area contributed by atoms with Gasteiger partial charge in [-0.3, -0.25) is 4.99 Å². The van der Waals surface area contributed by atoms with Crippen molar-refractivity contribution in [1.82, 2.24) is 0 Å². The van der Waals surface area contributed by atoms with Crippen LogP contribution in [0.4, 0.5) is 0 Å². The van der Waals surface area contributed by atoms with Crippen molar-refractivity contribution in [2.75, 3.05) is 6.54 Å². The summed E-state index contributed by atoms with van der Waals surface area (Å²) in [4.78, 5) is 4.40. The summed E-state index contributed by atoms with van der Waals surface area (Å²) >= 11 is 0. The molecule has 0 aliphatic rings. The third kappa shape index (κ3) is 5.80. The van der Waals surface area contributed by atoms with E-state index in [9.17, 15) is 0 Å². The Labute approximate surface area is 64.6 Å². The van der Waals surface area contributed by atoms with Crippen LogP contribution in [0, 0.1) is 0 Å². The van der Waals surface area contributed by atoms with Crippen LogP contribution in [0.1, 0.15) is 46.5 Å². The minimum Gasteiger partial charge on any atom is -0.294 e. The van der Waals surface area contributed by atoms with Crippen molar-refractivity contribution in [2.45, 2.75) is 46.5 Å². The second kappa shape index (κ2) is 6.79. The lowest BCUT2D eigenvalue weighted by Crippen LogP contribution is -1.92. The molecule has 0 aromatic heterocycles. The summed E-state index contributed by atoms with van der Waals surface area (Å²) in [5, 5.41) is 0. The molecule has 10 heavy (non-hydrogen) atoms. The molecule has 60 valence electrons. The minimum atomic E-state index is 1.01. The molecular weight excluding hydrogens is 122 g/mol. The zero-order valence-corrected chi connectivity index (χ0v) is 7.48. The van der Waals surface area contributed by atoms with E-state index in [1.807, 2.05) is 0 Å². The van der Waals surface area contributed by atoms with Gasteiger partial charge in [0, 0.05) is 12.3 Å². The molecule has 0 spiro atoms. The van der Waals surface area contributed by atoms with Gasteiger partial charge in [-0.05, 0) is 26.2 Å².